The van der Waals surface area contributed by atoms with E-state index in [4.69, 9.17) is 9.47 Å². The summed E-state index contributed by atoms with van der Waals surface area (Å²) in [5.41, 5.74) is 4.68. The Bertz CT molecular complexity index is 551. The van der Waals surface area contributed by atoms with Crippen LogP contribution in [-0.4, -0.2) is 49.9 Å². The van der Waals surface area contributed by atoms with Crippen molar-refractivity contribution >= 4 is 0 Å². The van der Waals surface area contributed by atoms with E-state index in [9.17, 15) is 10.2 Å². The van der Waals surface area contributed by atoms with Crippen molar-refractivity contribution in [1.29, 1.82) is 0 Å². The SMILES string of the molecule is COCC(O)Cc1ccc(Cc2ccc(CC(O)COC)cc2)cc1. The third-order valence-electron chi connectivity index (χ3n) is 4.11. The van der Waals surface area contributed by atoms with Crippen molar-refractivity contribution in [2.45, 2.75) is 31.5 Å². The number of aliphatic hydroxyl groups excluding tert-OH is 2. The molecule has 25 heavy (non-hydrogen) atoms. The molecule has 2 aromatic rings. The first-order chi connectivity index (χ1) is 12.1. The zero-order chi connectivity index (χ0) is 18.1. The van der Waals surface area contributed by atoms with E-state index in [1.54, 1.807) is 14.2 Å². The number of rotatable bonds is 10. The molecule has 2 atom stereocenters. The Morgan fingerprint density at radius 1 is 0.640 bits per heavy atom. The highest BCUT2D eigenvalue weighted by Crippen LogP contribution is 2.14. The van der Waals surface area contributed by atoms with Crippen LogP contribution in [0.25, 0.3) is 0 Å². The van der Waals surface area contributed by atoms with Crippen LogP contribution in [0.15, 0.2) is 48.5 Å². The fourth-order valence-corrected chi connectivity index (χ4v) is 2.87. The van der Waals surface area contributed by atoms with Crippen molar-refractivity contribution in [2.24, 2.45) is 0 Å². The number of ether oxygens (including phenoxy) is 2. The second-order valence-electron chi connectivity index (χ2n) is 6.44. The predicted octanol–water partition coefficient (Wildman–Crippen LogP) is 2.38. The molecule has 2 N–H and O–H groups in total. The lowest BCUT2D eigenvalue weighted by Crippen LogP contribution is -2.16. The fraction of sp³-hybridized carbons (Fsp3) is 0.429. The molecule has 0 aliphatic carbocycles. The van der Waals surface area contributed by atoms with Crippen LogP contribution in [0.3, 0.4) is 0 Å². The summed E-state index contributed by atoms with van der Waals surface area (Å²) in [5.74, 6) is 0. The first-order valence-corrected chi connectivity index (χ1v) is 8.60. The molecule has 0 bridgehead atoms. The summed E-state index contributed by atoms with van der Waals surface area (Å²) in [6.45, 7) is 0.709. The smallest absolute Gasteiger partial charge is 0.0813 e. The van der Waals surface area contributed by atoms with Crippen LogP contribution in [0.4, 0.5) is 0 Å². The van der Waals surface area contributed by atoms with Crippen molar-refractivity contribution in [1.82, 2.24) is 0 Å². The van der Waals surface area contributed by atoms with Gasteiger partial charge in [0, 0.05) is 27.1 Å². The lowest BCUT2D eigenvalue weighted by atomic mass is 9.99. The summed E-state index contributed by atoms with van der Waals surface area (Å²) < 4.78 is 9.91. The van der Waals surface area contributed by atoms with Gasteiger partial charge in [0.05, 0.1) is 25.4 Å². The molecular formula is C21H28O4. The van der Waals surface area contributed by atoms with Gasteiger partial charge >= 0.3 is 0 Å². The highest BCUT2D eigenvalue weighted by atomic mass is 16.5. The third-order valence-corrected chi connectivity index (χ3v) is 4.11. The molecule has 4 heteroatoms. The van der Waals surface area contributed by atoms with Crippen LogP contribution in [0.2, 0.25) is 0 Å². The van der Waals surface area contributed by atoms with Gasteiger partial charge in [-0.3, -0.25) is 0 Å². The molecule has 0 aliphatic heterocycles. The fourth-order valence-electron chi connectivity index (χ4n) is 2.87. The van der Waals surface area contributed by atoms with E-state index in [1.807, 2.05) is 0 Å². The molecular weight excluding hydrogens is 316 g/mol. The number of aliphatic hydroxyl groups is 2. The summed E-state index contributed by atoms with van der Waals surface area (Å²) in [7, 11) is 3.19. The number of hydrogen-bond donors (Lipinski definition) is 2. The van der Waals surface area contributed by atoms with Gasteiger partial charge in [0.15, 0.2) is 0 Å². The number of benzene rings is 2. The van der Waals surface area contributed by atoms with Gasteiger partial charge in [-0.05, 0) is 28.7 Å². The van der Waals surface area contributed by atoms with E-state index in [0.29, 0.717) is 26.1 Å². The van der Waals surface area contributed by atoms with Crippen LogP contribution in [0, 0.1) is 0 Å². The maximum Gasteiger partial charge on any atom is 0.0813 e. The van der Waals surface area contributed by atoms with Crippen LogP contribution >= 0.6 is 0 Å². The molecule has 136 valence electrons. The minimum atomic E-state index is -0.461. The minimum absolute atomic E-state index is 0.354. The van der Waals surface area contributed by atoms with Gasteiger partial charge in [0.2, 0.25) is 0 Å². The molecule has 2 aromatic carbocycles. The second-order valence-corrected chi connectivity index (χ2v) is 6.44. The van der Waals surface area contributed by atoms with Gasteiger partial charge < -0.3 is 19.7 Å². The number of methoxy groups -OCH3 is 2. The van der Waals surface area contributed by atoms with Crippen LogP contribution < -0.4 is 0 Å². The van der Waals surface area contributed by atoms with Gasteiger partial charge in [-0.2, -0.15) is 0 Å². The normalized spacial score (nSPS) is 13.6. The Balaban J connectivity index is 1.89. The molecule has 0 spiro atoms. The Morgan fingerprint density at radius 2 is 0.960 bits per heavy atom. The molecule has 2 unspecified atom stereocenters. The average Bonchev–Trinajstić information content (AvgIpc) is 2.59. The van der Waals surface area contributed by atoms with Crippen molar-refractivity contribution in [3.63, 3.8) is 0 Å². The molecule has 2 rings (SSSR count). The second kappa shape index (κ2) is 10.3. The summed E-state index contributed by atoms with van der Waals surface area (Å²) in [6.07, 6.45) is 1.15. The Hall–Kier alpha value is -1.72. The zero-order valence-electron chi connectivity index (χ0n) is 15.0. The summed E-state index contributed by atoms with van der Waals surface area (Å²) in [5, 5.41) is 19.6. The van der Waals surface area contributed by atoms with E-state index in [-0.39, 0.29) is 0 Å². The van der Waals surface area contributed by atoms with Crippen molar-refractivity contribution in [3.8, 4) is 0 Å². The topological polar surface area (TPSA) is 58.9 Å². The summed E-state index contributed by atoms with van der Waals surface area (Å²) in [6, 6.07) is 16.6. The van der Waals surface area contributed by atoms with Gasteiger partial charge in [-0.25, -0.2) is 0 Å². The average molecular weight is 344 g/mol. The largest absolute Gasteiger partial charge is 0.390 e. The lowest BCUT2D eigenvalue weighted by molar-refractivity contribution is 0.0649. The molecule has 0 amide bonds. The quantitative estimate of drug-likeness (QED) is 0.695. The van der Waals surface area contributed by atoms with Crippen molar-refractivity contribution < 1.29 is 19.7 Å². The molecule has 0 aromatic heterocycles. The molecule has 0 saturated heterocycles. The zero-order valence-corrected chi connectivity index (χ0v) is 15.0. The lowest BCUT2D eigenvalue weighted by Gasteiger charge is -2.11. The van der Waals surface area contributed by atoms with Crippen molar-refractivity contribution in [2.75, 3.05) is 27.4 Å². The molecule has 0 aliphatic rings. The van der Waals surface area contributed by atoms with Crippen LogP contribution in [0.5, 0.6) is 0 Å². The number of hydrogen-bond acceptors (Lipinski definition) is 4. The van der Waals surface area contributed by atoms with E-state index in [2.05, 4.69) is 48.5 Å². The Labute approximate surface area is 150 Å². The Kier molecular flexibility index (Phi) is 8.09. The van der Waals surface area contributed by atoms with Crippen LogP contribution in [0.1, 0.15) is 22.3 Å². The van der Waals surface area contributed by atoms with E-state index >= 15 is 0 Å². The monoisotopic (exact) mass is 344 g/mol. The molecule has 0 heterocycles. The molecule has 0 fully saturated rings. The van der Waals surface area contributed by atoms with E-state index in [0.717, 1.165) is 17.5 Å². The predicted molar refractivity (Wildman–Crippen MR) is 98.9 cm³/mol. The van der Waals surface area contributed by atoms with Gasteiger partial charge in [0.1, 0.15) is 0 Å². The highest BCUT2D eigenvalue weighted by molar-refractivity contribution is 5.31. The summed E-state index contributed by atoms with van der Waals surface area (Å²) in [4.78, 5) is 0. The van der Waals surface area contributed by atoms with Crippen molar-refractivity contribution in [3.05, 3.63) is 70.8 Å². The summed E-state index contributed by atoms with van der Waals surface area (Å²) >= 11 is 0. The third kappa shape index (κ3) is 6.96. The molecule has 0 radical (unpaired) electrons. The first kappa shape index (κ1) is 19.6. The van der Waals surface area contributed by atoms with E-state index in [1.165, 1.54) is 11.1 Å². The minimum Gasteiger partial charge on any atom is -0.390 e. The van der Waals surface area contributed by atoms with Gasteiger partial charge in [0.25, 0.3) is 0 Å². The maximum atomic E-state index is 9.78. The highest BCUT2D eigenvalue weighted by Gasteiger charge is 2.06. The van der Waals surface area contributed by atoms with Gasteiger partial charge in [-0.15, -0.1) is 0 Å². The first-order valence-electron chi connectivity index (χ1n) is 8.60. The molecule has 4 nitrogen and oxygen atoms in total. The van der Waals surface area contributed by atoms with E-state index < -0.39 is 12.2 Å². The standard InChI is InChI=1S/C21H28O4/c1-24-14-20(22)12-18-7-3-16(4-8-18)11-17-5-9-19(10-6-17)13-21(23)15-25-2/h3-10,20-23H,11-15H2,1-2H3. The molecule has 0 saturated carbocycles. The maximum absolute atomic E-state index is 9.78. The van der Waals surface area contributed by atoms with Crippen LogP contribution in [-0.2, 0) is 28.7 Å². The van der Waals surface area contributed by atoms with Gasteiger partial charge in [-0.1, -0.05) is 48.5 Å². The Morgan fingerprint density at radius 3 is 1.28 bits per heavy atom.